The fourth-order valence-corrected chi connectivity index (χ4v) is 6.36. The number of fused-ring (bicyclic) bond motifs is 3. The molecule has 3 aromatic rings. The lowest BCUT2D eigenvalue weighted by molar-refractivity contribution is 0.424. The number of anilines is 2. The van der Waals surface area contributed by atoms with E-state index in [1.54, 1.807) is 12.1 Å². The summed E-state index contributed by atoms with van der Waals surface area (Å²) in [6.45, 7) is 1.89. The molecule has 6 heteroatoms. The number of halogens is 1. The summed E-state index contributed by atoms with van der Waals surface area (Å²) in [5.41, 5.74) is 4.75. The van der Waals surface area contributed by atoms with Gasteiger partial charge >= 0.3 is 0 Å². The molecule has 0 fully saturated rings. The Morgan fingerprint density at radius 1 is 1.00 bits per heavy atom. The fraction of sp³-hybridized carbons (Fsp3) is 0.200. The Morgan fingerprint density at radius 3 is 2.58 bits per heavy atom. The molecule has 0 saturated heterocycles. The number of hydrogen-bond donors (Lipinski definition) is 2. The summed E-state index contributed by atoms with van der Waals surface area (Å²) in [6, 6.07) is 21.3. The molecule has 0 radical (unpaired) electrons. The van der Waals surface area contributed by atoms with E-state index in [4.69, 9.17) is 0 Å². The second kappa shape index (κ2) is 7.84. The second-order valence-corrected chi connectivity index (χ2v) is 10.7. The summed E-state index contributed by atoms with van der Waals surface area (Å²) < 4.78 is 30.0. The van der Waals surface area contributed by atoms with Gasteiger partial charge in [-0.3, -0.25) is 4.72 Å². The lowest BCUT2D eigenvalue weighted by Crippen LogP contribution is -2.29. The molecule has 3 atom stereocenters. The summed E-state index contributed by atoms with van der Waals surface area (Å²) in [6.07, 6.45) is 5.39. The number of rotatable bonds is 4. The predicted octanol–water partition coefficient (Wildman–Crippen LogP) is 6.38. The first-order valence-electron chi connectivity index (χ1n) is 10.3. The van der Waals surface area contributed by atoms with Crippen molar-refractivity contribution in [1.82, 2.24) is 0 Å². The zero-order valence-electron chi connectivity index (χ0n) is 17.0. The number of hydrogen-bond acceptors (Lipinski definition) is 3. The van der Waals surface area contributed by atoms with E-state index in [9.17, 15) is 8.42 Å². The molecule has 5 rings (SSSR count). The van der Waals surface area contributed by atoms with Crippen molar-refractivity contribution in [3.05, 3.63) is 100 Å². The molecular formula is C25H23BrN2O2S. The van der Waals surface area contributed by atoms with Crippen LogP contribution in [-0.4, -0.2) is 8.42 Å². The van der Waals surface area contributed by atoms with Crippen LogP contribution in [-0.2, 0) is 10.0 Å². The largest absolute Gasteiger partial charge is 0.378 e. The molecule has 0 unspecified atom stereocenters. The van der Waals surface area contributed by atoms with Gasteiger partial charge in [0.25, 0.3) is 10.0 Å². The van der Waals surface area contributed by atoms with Crippen LogP contribution in [0.5, 0.6) is 0 Å². The minimum atomic E-state index is -3.68. The van der Waals surface area contributed by atoms with Crippen LogP contribution in [0.25, 0.3) is 0 Å². The van der Waals surface area contributed by atoms with E-state index in [0.29, 0.717) is 11.6 Å². The number of para-hydroxylation sites is 1. The first-order valence-corrected chi connectivity index (χ1v) is 12.6. The third-order valence-electron chi connectivity index (χ3n) is 6.27. The van der Waals surface area contributed by atoms with Crippen molar-refractivity contribution in [2.75, 3.05) is 10.0 Å². The molecule has 4 nitrogen and oxygen atoms in total. The first kappa shape index (κ1) is 20.3. The highest BCUT2D eigenvalue weighted by Gasteiger charge is 2.39. The van der Waals surface area contributed by atoms with Crippen LogP contribution in [0.1, 0.15) is 35.1 Å². The van der Waals surface area contributed by atoms with Gasteiger partial charge in [0.1, 0.15) is 0 Å². The van der Waals surface area contributed by atoms with Gasteiger partial charge in [-0.15, -0.1) is 0 Å². The minimum absolute atomic E-state index is 0.163. The molecule has 0 aromatic heterocycles. The van der Waals surface area contributed by atoms with Crippen LogP contribution in [0, 0.1) is 12.8 Å². The summed E-state index contributed by atoms with van der Waals surface area (Å²) >= 11 is 3.70. The maximum atomic E-state index is 13.1. The fourth-order valence-electron chi connectivity index (χ4n) is 4.67. The quantitative estimate of drug-likeness (QED) is 0.413. The van der Waals surface area contributed by atoms with Gasteiger partial charge in [-0.1, -0.05) is 64.5 Å². The molecule has 1 heterocycles. The van der Waals surface area contributed by atoms with Gasteiger partial charge in [0.15, 0.2) is 0 Å². The molecule has 0 spiro atoms. The Bertz CT molecular complexity index is 1290. The third-order valence-corrected chi connectivity index (χ3v) is 8.36. The maximum absolute atomic E-state index is 13.1. The molecule has 0 saturated carbocycles. The summed E-state index contributed by atoms with van der Waals surface area (Å²) in [5, 5.41) is 3.68. The number of benzene rings is 3. The Morgan fingerprint density at radius 2 is 1.77 bits per heavy atom. The van der Waals surface area contributed by atoms with E-state index in [-0.39, 0.29) is 16.9 Å². The highest BCUT2D eigenvalue weighted by atomic mass is 79.9. The minimum Gasteiger partial charge on any atom is -0.378 e. The maximum Gasteiger partial charge on any atom is 0.261 e. The third kappa shape index (κ3) is 3.68. The van der Waals surface area contributed by atoms with Crippen LogP contribution in [0.3, 0.4) is 0 Å². The Balaban J connectivity index is 1.52. The van der Waals surface area contributed by atoms with Gasteiger partial charge in [-0.05, 0) is 66.3 Å². The highest BCUT2D eigenvalue weighted by molar-refractivity contribution is 9.10. The SMILES string of the molecule is Cc1ccccc1NS(=O)(=O)c1ccc2c(c1)[C@H]1C=CC[C@H]1[C@@H](c1ccccc1Br)N2. The highest BCUT2D eigenvalue weighted by Crippen LogP contribution is 2.51. The molecule has 0 amide bonds. The van der Waals surface area contributed by atoms with Gasteiger partial charge in [-0.2, -0.15) is 0 Å². The van der Waals surface area contributed by atoms with E-state index in [0.717, 1.165) is 27.7 Å². The Hall–Kier alpha value is -2.57. The molecule has 158 valence electrons. The van der Waals surface area contributed by atoms with Crippen molar-refractivity contribution in [1.29, 1.82) is 0 Å². The van der Waals surface area contributed by atoms with Crippen LogP contribution in [0.15, 0.2) is 88.3 Å². The molecule has 3 aromatic carbocycles. The average Bonchev–Trinajstić information content (AvgIpc) is 3.25. The summed E-state index contributed by atoms with van der Waals surface area (Å²) in [7, 11) is -3.68. The van der Waals surface area contributed by atoms with E-state index < -0.39 is 10.0 Å². The molecular weight excluding hydrogens is 472 g/mol. The standard InChI is InChI=1S/C25H23BrN2O2S/c1-16-7-2-5-12-23(16)28-31(29,30)17-13-14-24-21(15-17)18-9-6-10-19(18)25(27-24)20-8-3-4-11-22(20)26/h2-9,11-15,18-19,25,27-28H,10H2,1H3/t18-,19+,25-/m0/s1. The van der Waals surface area contributed by atoms with Crippen molar-refractivity contribution in [3.8, 4) is 0 Å². The zero-order chi connectivity index (χ0) is 21.6. The number of sulfonamides is 1. The number of allylic oxidation sites excluding steroid dienone is 2. The van der Waals surface area contributed by atoms with E-state index >= 15 is 0 Å². The van der Waals surface area contributed by atoms with Crippen molar-refractivity contribution in [2.24, 2.45) is 5.92 Å². The second-order valence-electron chi connectivity index (χ2n) is 8.17. The van der Waals surface area contributed by atoms with Gasteiger partial charge in [0.05, 0.1) is 16.6 Å². The van der Waals surface area contributed by atoms with E-state index in [1.807, 2.05) is 43.3 Å². The first-order chi connectivity index (χ1) is 14.9. The molecule has 2 N–H and O–H groups in total. The lowest BCUT2D eigenvalue weighted by atomic mass is 9.77. The Labute approximate surface area is 191 Å². The van der Waals surface area contributed by atoms with Crippen molar-refractivity contribution >= 4 is 37.3 Å². The van der Waals surface area contributed by atoms with Crippen molar-refractivity contribution < 1.29 is 8.42 Å². The van der Waals surface area contributed by atoms with Crippen LogP contribution < -0.4 is 10.0 Å². The van der Waals surface area contributed by atoms with Crippen LogP contribution in [0.4, 0.5) is 11.4 Å². The van der Waals surface area contributed by atoms with E-state index in [1.165, 1.54) is 5.56 Å². The predicted molar refractivity (Wildman–Crippen MR) is 129 cm³/mol. The van der Waals surface area contributed by atoms with Gasteiger partial charge in [-0.25, -0.2) is 8.42 Å². The molecule has 2 aliphatic rings. The van der Waals surface area contributed by atoms with Crippen LogP contribution in [0.2, 0.25) is 0 Å². The van der Waals surface area contributed by atoms with Gasteiger partial charge in [0, 0.05) is 16.1 Å². The van der Waals surface area contributed by atoms with Gasteiger partial charge < -0.3 is 5.32 Å². The number of nitrogens with one attached hydrogen (secondary N) is 2. The van der Waals surface area contributed by atoms with E-state index in [2.05, 4.69) is 56.3 Å². The molecule has 0 bridgehead atoms. The Kier molecular flexibility index (Phi) is 5.15. The molecule has 31 heavy (non-hydrogen) atoms. The molecule has 1 aliphatic heterocycles. The summed E-state index contributed by atoms with van der Waals surface area (Å²) in [5.74, 6) is 0.524. The van der Waals surface area contributed by atoms with Crippen LogP contribution >= 0.6 is 15.9 Å². The number of aryl methyl sites for hydroxylation is 1. The average molecular weight is 495 g/mol. The monoisotopic (exact) mass is 494 g/mol. The summed E-state index contributed by atoms with van der Waals surface area (Å²) in [4.78, 5) is 0.287. The van der Waals surface area contributed by atoms with Gasteiger partial charge in [0.2, 0.25) is 0 Å². The van der Waals surface area contributed by atoms with Crippen molar-refractivity contribution in [2.45, 2.75) is 30.2 Å². The lowest BCUT2D eigenvalue weighted by Gasteiger charge is -2.38. The molecule has 1 aliphatic carbocycles. The normalized spacial score (nSPS) is 21.8. The zero-order valence-corrected chi connectivity index (χ0v) is 19.4. The topological polar surface area (TPSA) is 58.2 Å². The van der Waals surface area contributed by atoms with Crippen molar-refractivity contribution in [3.63, 3.8) is 0 Å². The smallest absolute Gasteiger partial charge is 0.261 e.